The van der Waals surface area contributed by atoms with Crippen LogP contribution in [0.15, 0.2) is 34.8 Å². The van der Waals surface area contributed by atoms with E-state index in [2.05, 4.69) is 21.7 Å². The SMILES string of the molecule is Cc1ccc(C(=O)NCCC2=CCCCC2)cc1NC1=NC2CS(=O)(=O)CC2S1. The summed E-state index contributed by atoms with van der Waals surface area (Å²) in [6, 6.07) is 5.44. The monoisotopic (exact) mass is 433 g/mol. The minimum atomic E-state index is -2.96. The number of fused-ring (bicyclic) bond motifs is 1. The zero-order chi connectivity index (χ0) is 20.4. The Hall–Kier alpha value is -1.80. The molecule has 29 heavy (non-hydrogen) atoms. The predicted molar refractivity (Wildman–Crippen MR) is 120 cm³/mol. The molecule has 2 atom stereocenters. The third-order valence-corrected chi connectivity index (χ3v) is 8.82. The fourth-order valence-corrected chi connectivity index (χ4v) is 7.67. The van der Waals surface area contributed by atoms with Crippen molar-refractivity contribution in [2.45, 2.75) is 50.3 Å². The number of aryl methyl sites for hydroxylation is 1. The summed E-state index contributed by atoms with van der Waals surface area (Å²) < 4.78 is 23.4. The summed E-state index contributed by atoms with van der Waals surface area (Å²) in [7, 11) is -2.96. The fraction of sp³-hybridized carbons (Fsp3) is 0.524. The normalized spacial score (nSPS) is 25.1. The van der Waals surface area contributed by atoms with Crippen LogP contribution < -0.4 is 10.6 Å². The number of aliphatic imine (C=N–C) groups is 1. The minimum Gasteiger partial charge on any atom is -0.352 e. The molecule has 0 radical (unpaired) electrons. The Bertz CT molecular complexity index is 969. The molecule has 0 aromatic heterocycles. The van der Waals surface area contributed by atoms with Crippen molar-refractivity contribution in [2.75, 3.05) is 23.4 Å². The van der Waals surface area contributed by atoms with Crippen molar-refractivity contribution < 1.29 is 13.2 Å². The fourth-order valence-electron chi connectivity index (χ4n) is 4.00. The second-order valence-electron chi connectivity index (χ2n) is 8.00. The van der Waals surface area contributed by atoms with Gasteiger partial charge in [0.05, 0.1) is 17.5 Å². The standard InChI is InChI=1S/C21H27N3O3S2/c1-14-7-8-16(20(25)22-10-9-15-5-3-2-4-6-15)11-17(14)23-21-24-18-12-29(26,27)13-19(18)28-21/h5,7-8,11,18-19H,2-4,6,9-10,12-13H2,1H3,(H,22,25)(H,23,24). The van der Waals surface area contributed by atoms with Gasteiger partial charge in [-0.3, -0.25) is 9.79 Å². The highest BCUT2D eigenvalue weighted by molar-refractivity contribution is 8.15. The quantitative estimate of drug-likeness (QED) is 0.696. The van der Waals surface area contributed by atoms with Gasteiger partial charge in [0.15, 0.2) is 15.0 Å². The van der Waals surface area contributed by atoms with E-state index in [1.54, 1.807) is 0 Å². The molecule has 2 heterocycles. The van der Waals surface area contributed by atoms with E-state index < -0.39 is 9.84 Å². The molecule has 156 valence electrons. The number of carbonyl (C=O) groups is 1. The molecule has 0 spiro atoms. The van der Waals surface area contributed by atoms with Gasteiger partial charge in [-0.15, -0.1) is 0 Å². The van der Waals surface area contributed by atoms with Crippen molar-refractivity contribution >= 4 is 38.4 Å². The van der Waals surface area contributed by atoms with E-state index in [0.717, 1.165) is 35.7 Å². The van der Waals surface area contributed by atoms with Gasteiger partial charge in [0, 0.05) is 23.0 Å². The zero-order valence-corrected chi connectivity index (χ0v) is 18.2. The van der Waals surface area contributed by atoms with E-state index >= 15 is 0 Å². The Morgan fingerprint density at radius 3 is 2.90 bits per heavy atom. The minimum absolute atomic E-state index is 0.00313. The molecular weight excluding hydrogens is 406 g/mol. The van der Waals surface area contributed by atoms with Crippen molar-refractivity contribution in [1.29, 1.82) is 0 Å². The Balaban J connectivity index is 1.36. The number of carbonyl (C=O) groups excluding carboxylic acids is 1. The number of benzene rings is 1. The molecule has 1 aromatic carbocycles. The van der Waals surface area contributed by atoms with E-state index in [1.165, 1.54) is 30.2 Å². The maximum atomic E-state index is 12.6. The number of amidine groups is 1. The predicted octanol–water partition coefficient (Wildman–Crippen LogP) is 3.30. The molecule has 3 aliphatic rings. The number of rotatable bonds is 5. The number of hydrogen-bond donors (Lipinski definition) is 2. The zero-order valence-electron chi connectivity index (χ0n) is 16.6. The van der Waals surface area contributed by atoms with Crippen LogP contribution in [0.4, 0.5) is 5.69 Å². The van der Waals surface area contributed by atoms with Crippen LogP contribution in [0.3, 0.4) is 0 Å². The van der Waals surface area contributed by atoms with Crippen LogP contribution in [0, 0.1) is 6.92 Å². The summed E-state index contributed by atoms with van der Waals surface area (Å²) in [5, 5.41) is 7.05. The molecule has 1 amide bonds. The van der Waals surface area contributed by atoms with Crippen molar-refractivity contribution in [3.8, 4) is 0 Å². The molecule has 0 saturated carbocycles. The molecule has 4 rings (SSSR count). The summed E-state index contributed by atoms with van der Waals surface area (Å²) in [4.78, 5) is 17.1. The summed E-state index contributed by atoms with van der Waals surface area (Å²) in [6.07, 6.45) is 8.06. The molecule has 1 fully saturated rings. The Kier molecular flexibility index (Phi) is 6.01. The lowest BCUT2D eigenvalue weighted by Gasteiger charge is -2.14. The van der Waals surface area contributed by atoms with Gasteiger partial charge in [-0.05, 0) is 56.7 Å². The highest BCUT2D eigenvalue weighted by atomic mass is 32.2. The van der Waals surface area contributed by atoms with E-state index in [0.29, 0.717) is 12.1 Å². The lowest BCUT2D eigenvalue weighted by molar-refractivity contribution is 0.0954. The van der Waals surface area contributed by atoms with E-state index in [4.69, 9.17) is 0 Å². The lowest BCUT2D eigenvalue weighted by Crippen LogP contribution is -2.25. The first kappa shape index (κ1) is 20.5. The van der Waals surface area contributed by atoms with Crippen LogP contribution in [0.1, 0.15) is 48.0 Å². The van der Waals surface area contributed by atoms with Crippen molar-refractivity contribution in [3.05, 3.63) is 41.0 Å². The van der Waals surface area contributed by atoms with E-state index in [1.807, 2.05) is 25.1 Å². The van der Waals surface area contributed by atoms with Crippen LogP contribution in [-0.4, -0.2) is 48.8 Å². The molecule has 1 saturated heterocycles. The van der Waals surface area contributed by atoms with Crippen LogP contribution >= 0.6 is 11.8 Å². The summed E-state index contributed by atoms with van der Waals surface area (Å²) >= 11 is 1.48. The molecule has 1 aromatic rings. The van der Waals surface area contributed by atoms with Crippen molar-refractivity contribution in [2.24, 2.45) is 4.99 Å². The Morgan fingerprint density at radius 1 is 1.28 bits per heavy atom. The number of sulfone groups is 1. The summed E-state index contributed by atoms with van der Waals surface area (Å²) in [5.41, 5.74) is 3.91. The third kappa shape index (κ3) is 5.04. The molecule has 6 nitrogen and oxygen atoms in total. The first-order valence-corrected chi connectivity index (χ1v) is 12.9. The second kappa shape index (κ2) is 8.52. The number of nitrogens with zero attached hydrogens (tertiary/aromatic N) is 1. The summed E-state index contributed by atoms with van der Waals surface area (Å²) in [5.74, 6) is 0.246. The number of allylic oxidation sites excluding steroid dienone is 1. The first-order chi connectivity index (χ1) is 13.9. The largest absolute Gasteiger partial charge is 0.352 e. The van der Waals surface area contributed by atoms with Crippen LogP contribution in [0.5, 0.6) is 0 Å². The van der Waals surface area contributed by atoms with Gasteiger partial charge in [-0.2, -0.15) is 0 Å². The molecule has 2 aliphatic heterocycles. The molecule has 0 bridgehead atoms. The van der Waals surface area contributed by atoms with Gasteiger partial charge in [-0.25, -0.2) is 8.42 Å². The number of anilines is 1. The maximum absolute atomic E-state index is 12.6. The Morgan fingerprint density at radius 2 is 2.14 bits per heavy atom. The average molecular weight is 434 g/mol. The highest BCUT2D eigenvalue weighted by Crippen LogP contribution is 2.35. The van der Waals surface area contributed by atoms with Gasteiger partial charge < -0.3 is 10.6 Å². The second-order valence-corrected chi connectivity index (χ2v) is 11.4. The summed E-state index contributed by atoms with van der Waals surface area (Å²) in [6.45, 7) is 2.63. The number of hydrogen-bond acceptors (Lipinski definition) is 6. The Labute approximate surface area is 176 Å². The van der Waals surface area contributed by atoms with Gasteiger partial charge in [0.2, 0.25) is 0 Å². The van der Waals surface area contributed by atoms with Gasteiger partial charge >= 0.3 is 0 Å². The number of thioether (sulfide) groups is 1. The molecular formula is C21H27N3O3S2. The maximum Gasteiger partial charge on any atom is 0.251 e. The van der Waals surface area contributed by atoms with Crippen LogP contribution in [0.2, 0.25) is 0 Å². The van der Waals surface area contributed by atoms with Gasteiger partial charge in [-0.1, -0.05) is 29.5 Å². The van der Waals surface area contributed by atoms with E-state index in [9.17, 15) is 13.2 Å². The molecule has 2 N–H and O–H groups in total. The van der Waals surface area contributed by atoms with Crippen molar-refractivity contribution in [3.63, 3.8) is 0 Å². The highest BCUT2D eigenvalue weighted by Gasteiger charge is 2.42. The number of nitrogens with one attached hydrogen (secondary N) is 2. The van der Waals surface area contributed by atoms with Crippen molar-refractivity contribution in [1.82, 2.24) is 5.32 Å². The molecule has 8 heteroatoms. The first-order valence-electron chi connectivity index (χ1n) is 10.2. The topological polar surface area (TPSA) is 87.6 Å². The van der Waals surface area contributed by atoms with Crippen LogP contribution in [0.25, 0.3) is 0 Å². The lowest BCUT2D eigenvalue weighted by atomic mass is 9.97. The smallest absolute Gasteiger partial charge is 0.251 e. The van der Waals surface area contributed by atoms with Crippen LogP contribution in [-0.2, 0) is 9.84 Å². The van der Waals surface area contributed by atoms with Gasteiger partial charge in [0.1, 0.15) is 0 Å². The third-order valence-electron chi connectivity index (χ3n) is 5.68. The average Bonchev–Trinajstić information content (AvgIpc) is 3.16. The number of amides is 1. The van der Waals surface area contributed by atoms with Gasteiger partial charge in [0.25, 0.3) is 5.91 Å². The van der Waals surface area contributed by atoms with E-state index in [-0.39, 0.29) is 28.7 Å². The molecule has 2 unspecified atom stereocenters. The molecule has 1 aliphatic carbocycles.